The molecule has 0 aliphatic heterocycles. The number of carbonyl (C=O) groups excluding carboxylic acids is 1. The molecular weight excluding hydrogens is 338 g/mol. The molecule has 1 aromatic carbocycles. The van der Waals surface area contributed by atoms with E-state index in [0.29, 0.717) is 4.88 Å². The van der Waals surface area contributed by atoms with E-state index in [4.69, 9.17) is 0 Å². The average molecular weight is 357 g/mol. The number of nitrogens with one attached hydrogen (secondary N) is 1. The number of hydrogen-bond acceptors (Lipinski definition) is 4. The number of carboxylic acid groups (broad SMARTS) is 1. The van der Waals surface area contributed by atoms with Gasteiger partial charge in [0.25, 0.3) is 5.91 Å². The summed E-state index contributed by atoms with van der Waals surface area (Å²) in [5.41, 5.74) is 1.74. The number of carbonyl (C=O) groups is 2. The van der Waals surface area contributed by atoms with Gasteiger partial charge in [-0.15, -0.1) is 11.3 Å². The quantitative estimate of drug-likeness (QED) is 0.734. The lowest BCUT2D eigenvalue weighted by Gasteiger charge is -2.17. The van der Waals surface area contributed by atoms with Gasteiger partial charge in [-0.25, -0.2) is 9.48 Å². The van der Waals surface area contributed by atoms with Crippen LogP contribution in [0.3, 0.4) is 0 Å². The number of hydrogen-bond donors (Lipinski definition) is 2. The molecular formula is C18H19N3O3S. The third kappa shape index (κ3) is 3.28. The van der Waals surface area contributed by atoms with Gasteiger partial charge in [0.1, 0.15) is 10.9 Å². The number of aliphatic carboxylic acids is 1. The zero-order chi connectivity index (χ0) is 18.1. The summed E-state index contributed by atoms with van der Waals surface area (Å²) in [6.45, 7) is 5.42. The van der Waals surface area contributed by atoms with Crippen molar-refractivity contribution in [2.45, 2.75) is 26.8 Å². The Kier molecular flexibility index (Phi) is 4.59. The molecule has 2 N–H and O–H groups in total. The lowest BCUT2D eigenvalue weighted by molar-refractivity contribution is -0.140. The summed E-state index contributed by atoms with van der Waals surface area (Å²) in [5, 5.41) is 17.3. The van der Waals surface area contributed by atoms with Crippen LogP contribution in [0, 0.1) is 12.8 Å². The van der Waals surface area contributed by atoms with Crippen LogP contribution in [0.15, 0.2) is 36.4 Å². The lowest BCUT2D eigenvalue weighted by Crippen LogP contribution is -2.44. The molecule has 1 amide bonds. The molecule has 0 saturated heterocycles. The van der Waals surface area contributed by atoms with Crippen molar-refractivity contribution in [1.82, 2.24) is 15.1 Å². The predicted octanol–water partition coefficient (Wildman–Crippen LogP) is 3.23. The highest BCUT2D eigenvalue weighted by Crippen LogP contribution is 2.30. The van der Waals surface area contributed by atoms with E-state index in [9.17, 15) is 14.7 Å². The normalized spacial score (nSPS) is 12.5. The Hall–Kier alpha value is -2.67. The van der Waals surface area contributed by atoms with Gasteiger partial charge < -0.3 is 10.4 Å². The average Bonchev–Trinajstić information content (AvgIpc) is 3.13. The molecule has 2 aromatic heterocycles. The molecule has 0 spiro atoms. The van der Waals surface area contributed by atoms with Crippen LogP contribution in [0.2, 0.25) is 0 Å². The number of nitrogens with zero attached hydrogens (tertiary/aromatic N) is 2. The summed E-state index contributed by atoms with van der Waals surface area (Å²) >= 11 is 1.31. The van der Waals surface area contributed by atoms with E-state index >= 15 is 0 Å². The Labute approximate surface area is 149 Å². The van der Waals surface area contributed by atoms with E-state index in [1.165, 1.54) is 11.3 Å². The van der Waals surface area contributed by atoms with Crippen LogP contribution in [0.25, 0.3) is 15.9 Å². The van der Waals surface area contributed by atoms with E-state index in [1.54, 1.807) is 19.9 Å². The topological polar surface area (TPSA) is 84.2 Å². The van der Waals surface area contributed by atoms with Crippen LogP contribution < -0.4 is 5.32 Å². The molecule has 0 bridgehead atoms. The number of thiophene rings is 1. The summed E-state index contributed by atoms with van der Waals surface area (Å²) < 4.78 is 1.81. The molecule has 2 heterocycles. The van der Waals surface area contributed by atoms with Gasteiger partial charge in [-0.1, -0.05) is 32.0 Å². The van der Waals surface area contributed by atoms with Crippen LogP contribution in [-0.2, 0) is 4.79 Å². The maximum Gasteiger partial charge on any atom is 0.326 e. The van der Waals surface area contributed by atoms with E-state index in [0.717, 1.165) is 21.6 Å². The third-order valence-corrected chi connectivity index (χ3v) is 5.10. The van der Waals surface area contributed by atoms with Gasteiger partial charge >= 0.3 is 5.97 Å². The molecule has 7 heteroatoms. The van der Waals surface area contributed by atoms with Crippen molar-refractivity contribution < 1.29 is 14.7 Å². The maximum absolute atomic E-state index is 12.5. The van der Waals surface area contributed by atoms with Crippen LogP contribution >= 0.6 is 11.3 Å². The SMILES string of the molecule is Cc1nn(-c2ccccc2)c2sc(C(=O)NC(C(=O)O)C(C)C)cc12. The molecule has 130 valence electrons. The van der Waals surface area contributed by atoms with E-state index in [-0.39, 0.29) is 11.8 Å². The zero-order valence-corrected chi connectivity index (χ0v) is 15.0. The molecule has 6 nitrogen and oxygen atoms in total. The smallest absolute Gasteiger partial charge is 0.326 e. The maximum atomic E-state index is 12.5. The summed E-state index contributed by atoms with van der Waals surface area (Å²) in [7, 11) is 0. The lowest BCUT2D eigenvalue weighted by atomic mass is 10.0. The first-order valence-electron chi connectivity index (χ1n) is 7.96. The molecule has 0 saturated carbocycles. The molecule has 0 aliphatic carbocycles. The standard InChI is InChI=1S/C18H19N3O3S/c1-10(2)15(18(23)24)19-16(22)14-9-13-11(3)20-21(17(13)25-14)12-7-5-4-6-8-12/h4-10,15H,1-3H3,(H,19,22)(H,23,24). The fraction of sp³-hybridized carbons (Fsp3) is 0.278. The fourth-order valence-corrected chi connectivity index (χ4v) is 3.72. The predicted molar refractivity (Wildman–Crippen MR) is 97.4 cm³/mol. The largest absolute Gasteiger partial charge is 0.480 e. The number of carboxylic acids is 1. The molecule has 1 unspecified atom stereocenters. The number of aromatic nitrogens is 2. The van der Waals surface area contributed by atoms with Gasteiger partial charge in [-0.3, -0.25) is 4.79 Å². The molecule has 3 aromatic rings. The van der Waals surface area contributed by atoms with Crippen LogP contribution in [0.5, 0.6) is 0 Å². The third-order valence-electron chi connectivity index (χ3n) is 3.99. The Bertz CT molecular complexity index is 928. The Morgan fingerprint density at radius 3 is 2.52 bits per heavy atom. The Balaban J connectivity index is 1.97. The van der Waals surface area contributed by atoms with Crippen molar-refractivity contribution in [2.75, 3.05) is 0 Å². The fourth-order valence-electron chi connectivity index (χ4n) is 2.63. The molecule has 0 aliphatic rings. The van der Waals surface area contributed by atoms with Gasteiger partial charge in [-0.2, -0.15) is 5.10 Å². The first kappa shape index (κ1) is 17.2. The monoisotopic (exact) mass is 357 g/mol. The van der Waals surface area contributed by atoms with Gasteiger partial charge in [0.15, 0.2) is 0 Å². The number of para-hydroxylation sites is 1. The Morgan fingerprint density at radius 2 is 1.92 bits per heavy atom. The molecule has 1 atom stereocenters. The molecule has 0 radical (unpaired) electrons. The second-order valence-electron chi connectivity index (χ2n) is 6.20. The number of rotatable bonds is 5. The first-order valence-corrected chi connectivity index (χ1v) is 8.78. The number of benzene rings is 1. The van der Waals surface area contributed by atoms with Crippen LogP contribution in [-0.4, -0.2) is 32.8 Å². The summed E-state index contributed by atoms with van der Waals surface area (Å²) in [5.74, 6) is -1.60. The minimum Gasteiger partial charge on any atom is -0.480 e. The van der Waals surface area contributed by atoms with Gasteiger partial charge in [0.05, 0.1) is 16.3 Å². The number of aryl methyl sites for hydroxylation is 1. The van der Waals surface area contributed by atoms with Gasteiger partial charge in [-0.05, 0) is 31.0 Å². The number of fused-ring (bicyclic) bond motifs is 1. The minimum absolute atomic E-state index is 0.197. The van der Waals surface area contributed by atoms with Crippen molar-refractivity contribution in [1.29, 1.82) is 0 Å². The van der Waals surface area contributed by atoms with Gasteiger partial charge in [0, 0.05) is 5.39 Å². The van der Waals surface area contributed by atoms with Crippen molar-refractivity contribution in [3.8, 4) is 5.69 Å². The molecule has 25 heavy (non-hydrogen) atoms. The van der Waals surface area contributed by atoms with E-state index in [1.807, 2.05) is 41.9 Å². The highest BCUT2D eigenvalue weighted by molar-refractivity contribution is 7.20. The summed E-state index contributed by atoms with van der Waals surface area (Å²) in [4.78, 5) is 25.1. The summed E-state index contributed by atoms with van der Waals surface area (Å²) in [6.07, 6.45) is 0. The minimum atomic E-state index is -1.03. The second kappa shape index (κ2) is 6.68. The summed E-state index contributed by atoms with van der Waals surface area (Å²) in [6, 6.07) is 10.6. The van der Waals surface area contributed by atoms with E-state index < -0.39 is 12.0 Å². The molecule has 0 fully saturated rings. The zero-order valence-electron chi connectivity index (χ0n) is 14.2. The number of amides is 1. The van der Waals surface area contributed by atoms with Crippen molar-refractivity contribution in [2.24, 2.45) is 5.92 Å². The van der Waals surface area contributed by atoms with Gasteiger partial charge in [0.2, 0.25) is 0 Å². The van der Waals surface area contributed by atoms with Crippen molar-refractivity contribution in [3.05, 3.63) is 47.0 Å². The Morgan fingerprint density at radius 1 is 1.24 bits per heavy atom. The van der Waals surface area contributed by atoms with E-state index in [2.05, 4.69) is 10.4 Å². The second-order valence-corrected chi connectivity index (χ2v) is 7.23. The molecule has 3 rings (SSSR count). The van der Waals surface area contributed by atoms with Crippen LogP contribution in [0.4, 0.5) is 0 Å². The highest BCUT2D eigenvalue weighted by Gasteiger charge is 2.25. The van der Waals surface area contributed by atoms with Crippen LogP contribution in [0.1, 0.15) is 29.2 Å². The highest BCUT2D eigenvalue weighted by atomic mass is 32.1. The van der Waals surface area contributed by atoms with Crippen molar-refractivity contribution in [3.63, 3.8) is 0 Å². The van der Waals surface area contributed by atoms with Crippen molar-refractivity contribution >= 4 is 33.4 Å². The first-order chi connectivity index (χ1) is 11.9.